The number of hydrogen-bond donors (Lipinski definition) is 1. The number of amides is 2. The zero-order valence-electron chi connectivity index (χ0n) is 14.8. The number of carbonyl (C=O) groups excluding carboxylic acids is 1. The molecule has 2 amide bonds. The Morgan fingerprint density at radius 3 is 2.88 bits per heavy atom. The molecule has 3 rings (SSSR count). The third-order valence-electron chi connectivity index (χ3n) is 4.32. The first-order chi connectivity index (χ1) is 12.1. The number of aromatic nitrogens is 3. The maximum atomic E-state index is 12.4. The Morgan fingerprint density at radius 2 is 2.20 bits per heavy atom. The van der Waals surface area contributed by atoms with E-state index in [9.17, 15) is 4.79 Å². The maximum absolute atomic E-state index is 12.4. The zero-order valence-corrected chi connectivity index (χ0v) is 15.6. The summed E-state index contributed by atoms with van der Waals surface area (Å²) in [6.07, 6.45) is 5.23. The van der Waals surface area contributed by atoms with Crippen molar-refractivity contribution in [3.05, 3.63) is 42.5 Å². The summed E-state index contributed by atoms with van der Waals surface area (Å²) >= 11 is 1.93. The van der Waals surface area contributed by atoms with E-state index < -0.39 is 0 Å². The summed E-state index contributed by atoms with van der Waals surface area (Å²) in [6, 6.07) is 8.67. The van der Waals surface area contributed by atoms with Crippen LogP contribution in [0.1, 0.15) is 25.3 Å². The molecule has 2 aromatic rings. The van der Waals surface area contributed by atoms with Gasteiger partial charge in [-0.05, 0) is 38.8 Å². The van der Waals surface area contributed by atoms with Crippen molar-refractivity contribution in [1.29, 1.82) is 0 Å². The van der Waals surface area contributed by atoms with Crippen LogP contribution in [0.15, 0.2) is 41.8 Å². The molecule has 0 aliphatic carbocycles. The minimum Gasteiger partial charge on any atom is -0.334 e. The van der Waals surface area contributed by atoms with Crippen LogP contribution >= 0.6 is 11.8 Å². The smallest absolute Gasteiger partial charge is 0.317 e. The van der Waals surface area contributed by atoms with Crippen molar-refractivity contribution in [2.75, 3.05) is 13.1 Å². The number of urea groups is 1. The Bertz CT molecular complexity index is 683. The van der Waals surface area contributed by atoms with E-state index in [1.807, 2.05) is 23.6 Å². The van der Waals surface area contributed by atoms with Crippen LogP contribution in [0.3, 0.4) is 0 Å². The van der Waals surface area contributed by atoms with Gasteiger partial charge >= 0.3 is 6.03 Å². The molecule has 2 heterocycles. The molecule has 1 fully saturated rings. The van der Waals surface area contributed by atoms with Crippen molar-refractivity contribution < 1.29 is 4.79 Å². The molecule has 1 aliphatic heterocycles. The molecule has 0 bridgehead atoms. The number of hydrogen-bond acceptors (Lipinski definition) is 4. The largest absolute Gasteiger partial charge is 0.334 e. The Morgan fingerprint density at radius 1 is 1.40 bits per heavy atom. The average molecular weight is 359 g/mol. The summed E-state index contributed by atoms with van der Waals surface area (Å²) in [5, 5.41) is 7.70. The van der Waals surface area contributed by atoms with Gasteiger partial charge in [-0.15, -0.1) is 11.8 Å². The average Bonchev–Trinajstić information content (AvgIpc) is 3.08. The molecule has 25 heavy (non-hydrogen) atoms. The van der Waals surface area contributed by atoms with Crippen LogP contribution in [0.4, 0.5) is 4.79 Å². The summed E-state index contributed by atoms with van der Waals surface area (Å²) in [5.74, 6) is 0. The lowest BCUT2D eigenvalue weighted by atomic mass is 10.1. The molecule has 1 aromatic carbocycles. The summed E-state index contributed by atoms with van der Waals surface area (Å²) in [6.45, 7) is 6.36. The van der Waals surface area contributed by atoms with Crippen LogP contribution in [0.2, 0.25) is 0 Å². The number of nitrogens with zero attached hydrogens (tertiary/aromatic N) is 4. The Balaban J connectivity index is 1.42. The van der Waals surface area contributed by atoms with Crippen molar-refractivity contribution >= 4 is 17.8 Å². The van der Waals surface area contributed by atoms with E-state index in [-0.39, 0.29) is 12.1 Å². The fraction of sp³-hybridized carbons (Fsp3) is 0.500. The van der Waals surface area contributed by atoms with Gasteiger partial charge < -0.3 is 10.2 Å². The Labute approximate surface area is 153 Å². The van der Waals surface area contributed by atoms with E-state index in [2.05, 4.69) is 46.6 Å². The SMILES string of the molecule is Cc1cccc(SC2CCN(C(=O)N[C@H](C)Cn3cncn3)CC2)c1. The minimum absolute atomic E-state index is 0.0200. The monoisotopic (exact) mass is 359 g/mol. The van der Waals surface area contributed by atoms with Gasteiger partial charge in [-0.3, -0.25) is 4.68 Å². The Kier molecular flexibility index (Phi) is 5.96. The molecule has 1 saturated heterocycles. The van der Waals surface area contributed by atoms with Gasteiger partial charge in [0.05, 0.1) is 6.54 Å². The highest BCUT2D eigenvalue weighted by Gasteiger charge is 2.24. The number of carbonyl (C=O) groups is 1. The minimum atomic E-state index is 0.0200. The van der Waals surface area contributed by atoms with Crippen molar-refractivity contribution in [1.82, 2.24) is 25.0 Å². The van der Waals surface area contributed by atoms with Gasteiger partial charge in [0.1, 0.15) is 12.7 Å². The number of piperidine rings is 1. The first-order valence-electron chi connectivity index (χ1n) is 8.71. The van der Waals surface area contributed by atoms with Crippen LogP contribution < -0.4 is 5.32 Å². The summed E-state index contributed by atoms with van der Waals surface area (Å²) in [5.41, 5.74) is 1.29. The second-order valence-electron chi connectivity index (χ2n) is 6.59. The van der Waals surface area contributed by atoms with Gasteiger partial charge in [-0.2, -0.15) is 5.10 Å². The lowest BCUT2D eigenvalue weighted by Crippen LogP contribution is -2.48. The molecule has 1 aliphatic rings. The van der Waals surface area contributed by atoms with Crippen LogP contribution in [-0.2, 0) is 6.54 Å². The molecule has 1 atom stereocenters. The summed E-state index contributed by atoms with van der Waals surface area (Å²) in [7, 11) is 0. The predicted octanol–water partition coefficient (Wildman–Crippen LogP) is 2.94. The number of benzene rings is 1. The number of rotatable bonds is 5. The fourth-order valence-corrected chi connectivity index (χ4v) is 4.26. The predicted molar refractivity (Wildman–Crippen MR) is 99.6 cm³/mol. The van der Waals surface area contributed by atoms with Crippen molar-refractivity contribution in [2.24, 2.45) is 0 Å². The van der Waals surface area contributed by atoms with E-state index in [0.717, 1.165) is 25.9 Å². The quantitative estimate of drug-likeness (QED) is 0.891. The van der Waals surface area contributed by atoms with Crippen LogP contribution in [0, 0.1) is 6.92 Å². The molecular formula is C18H25N5OS. The molecule has 1 N–H and O–H groups in total. The molecule has 0 radical (unpaired) electrons. The van der Waals surface area contributed by atoms with Crippen LogP contribution in [0.5, 0.6) is 0 Å². The maximum Gasteiger partial charge on any atom is 0.317 e. The Hall–Kier alpha value is -2.02. The van der Waals surface area contributed by atoms with Crippen molar-refractivity contribution in [3.8, 4) is 0 Å². The lowest BCUT2D eigenvalue weighted by Gasteiger charge is -2.32. The van der Waals surface area contributed by atoms with Gasteiger partial charge in [0.2, 0.25) is 0 Å². The third-order valence-corrected chi connectivity index (χ3v) is 5.65. The van der Waals surface area contributed by atoms with Crippen LogP contribution in [-0.4, -0.2) is 50.1 Å². The highest BCUT2D eigenvalue weighted by Crippen LogP contribution is 2.30. The van der Waals surface area contributed by atoms with E-state index >= 15 is 0 Å². The van der Waals surface area contributed by atoms with E-state index in [4.69, 9.17) is 0 Å². The van der Waals surface area contributed by atoms with E-state index in [1.54, 1.807) is 11.0 Å². The second-order valence-corrected chi connectivity index (χ2v) is 7.96. The summed E-state index contributed by atoms with van der Waals surface area (Å²) in [4.78, 5) is 19.6. The highest BCUT2D eigenvalue weighted by molar-refractivity contribution is 8.00. The second kappa shape index (κ2) is 8.38. The third kappa shape index (κ3) is 5.22. The number of aryl methyl sites for hydroxylation is 1. The molecule has 6 nitrogen and oxygen atoms in total. The van der Waals surface area contributed by atoms with Gasteiger partial charge in [0, 0.05) is 29.3 Å². The first-order valence-corrected chi connectivity index (χ1v) is 9.59. The topological polar surface area (TPSA) is 63.1 Å². The lowest BCUT2D eigenvalue weighted by molar-refractivity contribution is 0.183. The van der Waals surface area contributed by atoms with Crippen LogP contribution in [0.25, 0.3) is 0 Å². The molecular weight excluding hydrogens is 334 g/mol. The van der Waals surface area contributed by atoms with E-state index in [1.165, 1.54) is 16.8 Å². The standard InChI is InChI=1S/C18H25N5OS/c1-14-4-3-5-17(10-14)25-16-6-8-22(9-7-16)18(24)21-15(2)11-23-13-19-12-20-23/h3-5,10,12-13,15-16H,6-9,11H2,1-2H3,(H,21,24)/t15-/m1/s1. The summed E-state index contributed by atoms with van der Waals surface area (Å²) < 4.78 is 1.73. The van der Waals surface area contributed by atoms with Gasteiger partial charge in [-0.25, -0.2) is 9.78 Å². The zero-order chi connectivity index (χ0) is 17.6. The van der Waals surface area contributed by atoms with Gasteiger partial charge in [-0.1, -0.05) is 17.7 Å². The van der Waals surface area contributed by atoms with Gasteiger partial charge in [0.25, 0.3) is 0 Å². The number of thioether (sulfide) groups is 1. The highest BCUT2D eigenvalue weighted by atomic mass is 32.2. The molecule has 0 unspecified atom stereocenters. The molecule has 134 valence electrons. The molecule has 1 aromatic heterocycles. The number of nitrogens with one attached hydrogen (secondary N) is 1. The molecule has 0 saturated carbocycles. The van der Waals surface area contributed by atoms with Crippen molar-refractivity contribution in [3.63, 3.8) is 0 Å². The molecule has 7 heteroatoms. The number of likely N-dealkylation sites (tertiary alicyclic amines) is 1. The fourth-order valence-electron chi connectivity index (χ4n) is 3.01. The first kappa shape index (κ1) is 17.8. The van der Waals surface area contributed by atoms with Crippen molar-refractivity contribution in [2.45, 2.75) is 49.4 Å². The molecule has 0 spiro atoms. The van der Waals surface area contributed by atoms with Gasteiger partial charge in [0.15, 0.2) is 0 Å². The normalized spacial score (nSPS) is 16.6. The van der Waals surface area contributed by atoms with E-state index in [0.29, 0.717) is 11.8 Å².